The van der Waals surface area contributed by atoms with E-state index in [1.165, 1.54) is 0 Å². The summed E-state index contributed by atoms with van der Waals surface area (Å²) in [6, 6.07) is 0. The highest BCUT2D eigenvalue weighted by molar-refractivity contribution is 5.28. The lowest BCUT2D eigenvalue weighted by atomic mass is 10.3. The van der Waals surface area contributed by atoms with E-state index in [0.717, 1.165) is 18.5 Å². The summed E-state index contributed by atoms with van der Waals surface area (Å²) in [6.07, 6.45) is 4.38. The summed E-state index contributed by atoms with van der Waals surface area (Å²) in [7, 11) is 1.92. The molecule has 3 nitrogen and oxygen atoms in total. The average molecular weight is 149 g/mol. The molecule has 0 unspecified atom stereocenters. The molecule has 1 aromatic heterocycles. The van der Waals surface area contributed by atoms with Crippen LogP contribution in [0.5, 0.6) is 0 Å². The van der Waals surface area contributed by atoms with Gasteiger partial charge in [0, 0.05) is 19.2 Å². The molecule has 58 valence electrons. The Morgan fingerprint density at radius 2 is 2.64 bits per heavy atom. The molecule has 1 aromatic rings. The van der Waals surface area contributed by atoms with Gasteiger partial charge in [-0.25, -0.2) is 0 Å². The number of nitrogens with one attached hydrogen (secondary N) is 2. The molecular formula is C8H11N3. The monoisotopic (exact) mass is 149 g/mol. The van der Waals surface area contributed by atoms with E-state index in [4.69, 9.17) is 0 Å². The predicted molar refractivity (Wildman–Crippen MR) is 44.0 cm³/mol. The van der Waals surface area contributed by atoms with Crippen LogP contribution in [-0.2, 0) is 0 Å². The minimum Gasteiger partial charge on any atom is -0.319 e. The summed E-state index contributed by atoms with van der Waals surface area (Å²) in [6.45, 7) is 0.935. The number of nitrogens with zero attached hydrogens (tertiary/aromatic N) is 1. The Balaban J connectivity index is 2.33. The van der Waals surface area contributed by atoms with Gasteiger partial charge in [0.25, 0.3) is 0 Å². The SMILES string of the molecule is CNCCC#Cc1cn[nH]c1. The van der Waals surface area contributed by atoms with E-state index in [1.54, 1.807) is 12.4 Å². The molecule has 0 fully saturated rings. The number of aromatic amines is 1. The largest absolute Gasteiger partial charge is 0.319 e. The van der Waals surface area contributed by atoms with Crippen molar-refractivity contribution in [2.75, 3.05) is 13.6 Å². The Morgan fingerprint density at radius 1 is 1.73 bits per heavy atom. The molecule has 0 spiro atoms. The summed E-state index contributed by atoms with van der Waals surface area (Å²) in [4.78, 5) is 0. The fourth-order valence-corrected chi connectivity index (χ4v) is 0.671. The van der Waals surface area contributed by atoms with Gasteiger partial charge in [0.15, 0.2) is 0 Å². The first-order valence-corrected chi connectivity index (χ1v) is 3.55. The van der Waals surface area contributed by atoms with Crippen molar-refractivity contribution in [1.82, 2.24) is 15.5 Å². The van der Waals surface area contributed by atoms with E-state index in [2.05, 4.69) is 27.4 Å². The lowest BCUT2D eigenvalue weighted by Gasteiger charge is -1.86. The van der Waals surface area contributed by atoms with E-state index in [0.29, 0.717) is 0 Å². The molecule has 11 heavy (non-hydrogen) atoms. The molecule has 2 N–H and O–H groups in total. The second-order valence-electron chi connectivity index (χ2n) is 2.14. The minimum atomic E-state index is 0.877. The van der Waals surface area contributed by atoms with Crippen molar-refractivity contribution in [1.29, 1.82) is 0 Å². The van der Waals surface area contributed by atoms with Crippen molar-refractivity contribution >= 4 is 0 Å². The molecule has 0 bridgehead atoms. The van der Waals surface area contributed by atoms with Crippen LogP contribution >= 0.6 is 0 Å². The van der Waals surface area contributed by atoms with Crippen molar-refractivity contribution in [3.05, 3.63) is 18.0 Å². The Labute approximate surface area is 66.2 Å². The van der Waals surface area contributed by atoms with Gasteiger partial charge in [-0.1, -0.05) is 11.8 Å². The number of hydrogen-bond donors (Lipinski definition) is 2. The molecule has 0 saturated carbocycles. The van der Waals surface area contributed by atoms with Gasteiger partial charge in [-0.15, -0.1) is 0 Å². The van der Waals surface area contributed by atoms with Crippen molar-refractivity contribution < 1.29 is 0 Å². The van der Waals surface area contributed by atoms with Crippen molar-refractivity contribution in [2.45, 2.75) is 6.42 Å². The summed E-state index contributed by atoms with van der Waals surface area (Å²) in [5, 5.41) is 9.50. The van der Waals surface area contributed by atoms with Gasteiger partial charge in [0.05, 0.1) is 11.8 Å². The smallest absolute Gasteiger partial charge is 0.0644 e. The van der Waals surface area contributed by atoms with Gasteiger partial charge in [0.2, 0.25) is 0 Å². The zero-order chi connectivity index (χ0) is 7.94. The van der Waals surface area contributed by atoms with Gasteiger partial charge in [0.1, 0.15) is 0 Å². The van der Waals surface area contributed by atoms with Gasteiger partial charge >= 0.3 is 0 Å². The third-order valence-corrected chi connectivity index (χ3v) is 1.23. The standard InChI is InChI=1S/C8H11N3/c1-9-5-3-2-4-8-6-10-11-7-8/h6-7,9H,3,5H2,1H3,(H,10,11). The molecule has 0 aliphatic carbocycles. The first kappa shape index (κ1) is 7.83. The maximum atomic E-state index is 3.78. The lowest BCUT2D eigenvalue weighted by Crippen LogP contribution is -2.05. The average Bonchev–Trinajstić information content (AvgIpc) is 2.50. The fraction of sp³-hybridized carbons (Fsp3) is 0.375. The van der Waals surface area contributed by atoms with E-state index < -0.39 is 0 Å². The van der Waals surface area contributed by atoms with Crippen molar-refractivity contribution in [3.63, 3.8) is 0 Å². The van der Waals surface area contributed by atoms with Crippen molar-refractivity contribution in [3.8, 4) is 11.8 Å². The Bertz CT molecular complexity index is 240. The summed E-state index contributed by atoms with van der Waals surface area (Å²) >= 11 is 0. The molecule has 1 heterocycles. The first-order valence-electron chi connectivity index (χ1n) is 3.55. The summed E-state index contributed by atoms with van der Waals surface area (Å²) < 4.78 is 0. The number of aromatic nitrogens is 2. The highest BCUT2D eigenvalue weighted by Crippen LogP contribution is 1.88. The van der Waals surface area contributed by atoms with Crippen LogP contribution in [-0.4, -0.2) is 23.8 Å². The third-order valence-electron chi connectivity index (χ3n) is 1.23. The molecule has 0 amide bonds. The highest BCUT2D eigenvalue weighted by Gasteiger charge is 1.82. The first-order chi connectivity index (χ1) is 5.43. The molecule has 0 aliphatic rings. The fourth-order valence-electron chi connectivity index (χ4n) is 0.671. The molecule has 0 radical (unpaired) electrons. The molecule has 0 aromatic carbocycles. The second-order valence-corrected chi connectivity index (χ2v) is 2.14. The molecule has 0 aliphatic heterocycles. The summed E-state index contributed by atoms with van der Waals surface area (Å²) in [5.74, 6) is 5.99. The molecule has 0 saturated heterocycles. The minimum absolute atomic E-state index is 0.877. The normalized spacial score (nSPS) is 8.82. The van der Waals surface area contributed by atoms with Crippen LogP contribution in [0.25, 0.3) is 0 Å². The zero-order valence-corrected chi connectivity index (χ0v) is 6.52. The Morgan fingerprint density at radius 3 is 3.27 bits per heavy atom. The number of rotatable bonds is 2. The third kappa shape index (κ3) is 2.87. The molecule has 3 heteroatoms. The van der Waals surface area contributed by atoms with Crippen LogP contribution < -0.4 is 5.32 Å². The second kappa shape index (κ2) is 4.53. The number of H-pyrrole nitrogens is 1. The highest BCUT2D eigenvalue weighted by atomic mass is 15.1. The van der Waals surface area contributed by atoms with E-state index in [9.17, 15) is 0 Å². The maximum Gasteiger partial charge on any atom is 0.0644 e. The van der Waals surface area contributed by atoms with Crippen LogP contribution in [0.1, 0.15) is 12.0 Å². The summed E-state index contributed by atoms with van der Waals surface area (Å²) in [5.41, 5.74) is 0.945. The lowest BCUT2D eigenvalue weighted by molar-refractivity contribution is 0.818. The number of hydrogen-bond acceptors (Lipinski definition) is 2. The van der Waals surface area contributed by atoms with Crippen molar-refractivity contribution in [2.24, 2.45) is 0 Å². The van der Waals surface area contributed by atoms with Crippen LogP contribution in [0.15, 0.2) is 12.4 Å². The van der Waals surface area contributed by atoms with Crippen LogP contribution in [0.4, 0.5) is 0 Å². The quantitative estimate of drug-likeness (QED) is 0.471. The van der Waals surface area contributed by atoms with Crippen LogP contribution in [0.3, 0.4) is 0 Å². The Kier molecular flexibility index (Phi) is 3.23. The van der Waals surface area contributed by atoms with Gasteiger partial charge < -0.3 is 5.32 Å². The van der Waals surface area contributed by atoms with Gasteiger partial charge in [-0.2, -0.15) is 5.10 Å². The van der Waals surface area contributed by atoms with Crippen LogP contribution in [0.2, 0.25) is 0 Å². The van der Waals surface area contributed by atoms with Gasteiger partial charge in [-0.3, -0.25) is 5.10 Å². The molecule has 1 rings (SSSR count). The predicted octanol–water partition coefficient (Wildman–Crippen LogP) is 0.371. The van der Waals surface area contributed by atoms with Gasteiger partial charge in [-0.05, 0) is 7.05 Å². The topological polar surface area (TPSA) is 40.7 Å². The Hall–Kier alpha value is -1.27. The molecular weight excluding hydrogens is 138 g/mol. The maximum absolute atomic E-state index is 3.78. The van der Waals surface area contributed by atoms with E-state index in [1.807, 2.05) is 7.05 Å². The molecule has 0 atom stereocenters. The van der Waals surface area contributed by atoms with Crippen LogP contribution in [0, 0.1) is 11.8 Å². The van der Waals surface area contributed by atoms with E-state index in [-0.39, 0.29) is 0 Å². The zero-order valence-electron chi connectivity index (χ0n) is 6.52. The van der Waals surface area contributed by atoms with E-state index >= 15 is 0 Å².